The van der Waals surface area contributed by atoms with Gasteiger partial charge in [-0.25, -0.2) is 0 Å². The summed E-state index contributed by atoms with van der Waals surface area (Å²) in [5, 5.41) is 2.62. The molecule has 0 saturated carbocycles. The number of carbonyl (C=O) groups is 3. The zero-order chi connectivity index (χ0) is 24.3. The number of carbonyl (C=O) groups excluding carboxylic acids is 3. The molecule has 0 saturated heterocycles. The fourth-order valence-electron chi connectivity index (χ4n) is 3.37. The average Bonchev–Trinajstić information content (AvgIpc) is 2.83. The van der Waals surface area contributed by atoms with Gasteiger partial charge in [-0.2, -0.15) is 0 Å². The topological polar surface area (TPSA) is 84.9 Å². The molecule has 0 unspecified atom stereocenters. The minimum absolute atomic E-state index is 0.00108. The Kier molecular flexibility index (Phi) is 9.39. The standard InChI is InChI=1S/C27H30N2O5/c1-20(2)25(30)13-14-33-15-16-34-19-26(31)28-17-27(32)29-18-23-9-4-3-7-21(23)11-12-22-8-5-6-10-24(22)29/h3-10,20H,13-19H2,1-2H3,(H,28,31). The molecule has 1 N–H and O–H groups in total. The number of hydrogen-bond donors (Lipinski definition) is 1. The molecule has 0 atom stereocenters. The number of nitrogens with one attached hydrogen (secondary N) is 1. The number of nitrogens with zero attached hydrogens (tertiary/aromatic N) is 1. The van der Waals surface area contributed by atoms with Gasteiger partial charge in [0.1, 0.15) is 12.4 Å². The van der Waals surface area contributed by atoms with Crippen molar-refractivity contribution in [1.29, 1.82) is 0 Å². The number of ketones is 1. The quantitative estimate of drug-likeness (QED) is 0.410. The summed E-state index contributed by atoms with van der Waals surface area (Å²) in [5.41, 5.74) is 3.30. The Morgan fingerprint density at radius 2 is 1.62 bits per heavy atom. The smallest absolute Gasteiger partial charge is 0.246 e. The maximum Gasteiger partial charge on any atom is 0.246 e. The van der Waals surface area contributed by atoms with Gasteiger partial charge in [-0.05, 0) is 23.8 Å². The number of anilines is 1. The maximum atomic E-state index is 13.1. The van der Waals surface area contributed by atoms with Gasteiger partial charge in [0.15, 0.2) is 0 Å². The van der Waals surface area contributed by atoms with E-state index in [1.807, 2.05) is 62.4 Å². The van der Waals surface area contributed by atoms with Crippen molar-refractivity contribution in [1.82, 2.24) is 5.32 Å². The highest BCUT2D eigenvalue weighted by Crippen LogP contribution is 2.25. The van der Waals surface area contributed by atoms with Crippen molar-refractivity contribution in [3.63, 3.8) is 0 Å². The molecule has 2 amide bonds. The monoisotopic (exact) mass is 462 g/mol. The summed E-state index contributed by atoms with van der Waals surface area (Å²) in [5.74, 6) is 5.86. The van der Waals surface area contributed by atoms with E-state index >= 15 is 0 Å². The summed E-state index contributed by atoms with van der Waals surface area (Å²) in [6.45, 7) is 4.61. The van der Waals surface area contributed by atoms with E-state index in [1.54, 1.807) is 4.90 Å². The van der Waals surface area contributed by atoms with Gasteiger partial charge in [-0.15, -0.1) is 0 Å². The van der Waals surface area contributed by atoms with Crippen molar-refractivity contribution in [2.24, 2.45) is 5.92 Å². The lowest BCUT2D eigenvalue weighted by molar-refractivity contribution is -0.128. The molecular weight excluding hydrogens is 432 g/mol. The molecule has 7 nitrogen and oxygen atoms in total. The number of fused-ring (bicyclic) bond motifs is 2. The summed E-state index contributed by atoms with van der Waals surface area (Å²) >= 11 is 0. The zero-order valence-electron chi connectivity index (χ0n) is 19.6. The molecule has 7 heteroatoms. The first kappa shape index (κ1) is 25.2. The van der Waals surface area contributed by atoms with E-state index in [1.165, 1.54) is 0 Å². The van der Waals surface area contributed by atoms with Crippen LogP contribution in [-0.4, -0.2) is 50.6 Å². The van der Waals surface area contributed by atoms with E-state index in [0.717, 1.165) is 16.7 Å². The van der Waals surface area contributed by atoms with E-state index in [-0.39, 0.29) is 43.3 Å². The molecule has 1 heterocycles. The van der Waals surface area contributed by atoms with Crippen molar-refractivity contribution in [3.8, 4) is 11.8 Å². The molecule has 2 aromatic carbocycles. The first-order valence-corrected chi connectivity index (χ1v) is 11.4. The SMILES string of the molecule is CC(C)C(=O)CCOCCOCC(=O)NCC(=O)N1Cc2ccccc2C#Cc2ccccc21. The van der Waals surface area contributed by atoms with Crippen LogP contribution in [0.3, 0.4) is 0 Å². The second-order valence-electron chi connectivity index (χ2n) is 8.22. The Balaban J connectivity index is 1.47. The number of amides is 2. The maximum absolute atomic E-state index is 13.1. The largest absolute Gasteiger partial charge is 0.379 e. The van der Waals surface area contributed by atoms with Gasteiger partial charge in [0, 0.05) is 23.5 Å². The number of benzene rings is 2. The van der Waals surface area contributed by atoms with Gasteiger partial charge in [0.2, 0.25) is 11.8 Å². The van der Waals surface area contributed by atoms with Crippen LogP contribution in [0.5, 0.6) is 0 Å². The van der Waals surface area contributed by atoms with E-state index in [2.05, 4.69) is 17.2 Å². The Morgan fingerprint density at radius 3 is 2.41 bits per heavy atom. The zero-order valence-corrected chi connectivity index (χ0v) is 19.6. The Bertz CT molecular complexity index is 1080. The third kappa shape index (κ3) is 7.27. The molecule has 34 heavy (non-hydrogen) atoms. The Morgan fingerprint density at radius 1 is 0.941 bits per heavy atom. The summed E-state index contributed by atoms with van der Waals surface area (Å²) in [6, 6.07) is 15.2. The van der Waals surface area contributed by atoms with Crippen molar-refractivity contribution < 1.29 is 23.9 Å². The molecule has 0 bridgehead atoms. The predicted octanol–water partition coefficient (Wildman–Crippen LogP) is 2.70. The van der Waals surface area contributed by atoms with Gasteiger partial charge >= 0.3 is 0 Å². The van der Waals surface area contributed by atoms with Crippen LogP contribution in [0.15, 0.2) is 48.5 Å². The summed E-state index contributed by atoms with van der Waals surface area (Å²) in [6.07, 6.45) is 0.371. The van der Waals surface area contributed by atoms with Gasteiger partial charge in [0.25, 0.3) is 0 Å². The van der Waals surface area contributed by atoms with E-state index in [4.69, 9.17) is 9.47 Å². The molecule has 2 aromatic rings. The normalized spacial score (nSPS) is 12.0. The summed E-state index contributed by atoms with van der Waals surface area (Å²) in [7, 11) is 0. The highest BCUT2D eigenvalue weighted by molar-refractivity contribution is 5.98. The Hall–Kier alpha value is -3.47. The number of para-hydroxylation sites is 1. The lowest BCUT2D eigenvalue weighted by Gasteiger charge is -2.26. The first-order chi connectivity index (χ1) is 16.5. The van der Waals surface area contributed by atoms with Gasteiger partial charge < -0.3 is 19.7 Å². The first-order valence-electron chi connectivity index (χ1n) is 11.4. The van der Waals surface area contributed by atoms with Gasteiger partial charge in [0.05, 0.1) is 38.6 Å². The second-order valence-corrected chi connectivity index (χ2v) is 8.22. The summed E-state index contributed by atoms with van der Waals surface area (Å²) in [4.78, 5) is 38.4. The van der Waals surface area contributed by atoms with Crippen molar-refractivity contribution in [2.75, 3.05) is 37.9 Å². The van der Waals surface area contributed by atoms with Crippen LogP contribution in [0.1, 0.15) is 37.0 Å². The average molecular weight is 463 g/mol. The summed E-state index contributed by atoms with van der Waals surface area (Å²) < 4.78 is 10.7. The van der Waals surface area contributed by atoms with Crippen molar-refractivity contribution in [3.05, 3.63) is 65.2 Å². The molecule has 0 fully saturated rings. The van der Waals surface area contributed by atoms with Crippen LogP contribution in [0.4, 0.5) is 5.69 Å². The Labute approximate surface area is 200 Å². The number of rotatable bonds is 11. The molecule has 0 aromatic heterocycles. The predicted molar refractivity (Wildman–Crippen MR) is 129 cm³/mol. The fraction of sp³-hybridized carbons (Fsp3) is 0.370. The fourth-order valence-corrected chi connectivity index (χ4v) is 3.37. The van der Waals surface area contributed by atoms with Crippen molar-refractivity contribution >= 4 is 23.3 Å². The van der Waals surface area contributed by atoms with Gasteiger partial charge in [-0.3, -0.25) is 14.4 Å². The van der Waals surface area contributed by atoms with Crippen LogP contribution in [-0.2, 0) is 30.4 Å². The number of Topliss-reactive ketones (excluding diaryl/α,β-unsaturated/α-hetero) is 1. The van der Waals surface area contributed by atoms with Crippen LogP contribution >= 0.6 is 0 Å². The van der Waals surface area contributed by atoms with E-state index in [9.17, 15) is 14.4 Å². The molecule has 0 radical (unpaired) electrons. The van der Waals surface area contributed by atoms with Crippen LogP contribution in [0.2, 0.25) is 0 Å². The van der Waals surface area contributed by atoms with E-state index < -0.39 is 0 Å². The highest BCUT2D eigenvalue weighted by atomic mass is 16.5. The number of hydrogen-bond acceptors (Lipinski definition) is 5. The molecule has 0 spiro atoms. The van der Waals surface area contributed by atoms with Crippen LogP contribution < -0.4 is 10.2 Å². The van der Waals surface area contributed by atoms with E-state index in [0.29, 0.717) is 31.9 Å². The second kappa shape index (κ2) is 12.7. The molecule has 1 aliphatic heterocycles. The van der Waals surface area contributed by atoms with Crippen molar-refractivity contribution in [2.45, 2.75) is 26.8 Å². The lowest BCUT2D eigenvalue weighted by Crippen LogP contribution is -2.41. The third-order valence-electron chi connectivity index (χ3n) is 5.35. The lowest BCUT2D eigenvalue weighted by atomic mass is 10.0. The highest BCUT2D eigenvalue weighted by Gasteiger charge is 2.21. The molecule has 178 valence electrons. The molecule has 1 aliphatic rings. The number of ether oxygens (including phenoxy) is 2. The van der Waals surface area contributed by atoms with Crippen LogP contribution in [0, 0.1) is 17.8 Å². The minimum atomic E-state index is -0.385. The third-order valence-corrected chi connectivity index (χ3v) is 5.35. The van der Waals surface area contributed by atoms with Crippen LogP contribution in [0.25, 0.3) is 0 Å². The molecular formula is C27H30N2O5. The molecule has 0 aliphatic carbocycles. The molecule has 3 rings (SSSR count). The van der Waals surface area contributed by atoms with Gasteiger partial charge in [-0.1, -0.05) is 56.0 Å². The minimum Gasteiger partial charge on any atom is -0.379 e.